The van der Waals surface area contributed by atoms with Gasteiger partial charge in [-0.1, -0.05) is 51.0 Å². The highest BCUT2D eigenvalue weighted by Crippen LogP contribution is 2.47. The summed E-state index contributed by atoms with van der Waals surface area (Å²) >= 11 is 0. The van der Waals surface area contributed by atoms with Crippen molar-refractivity contribution in [1.82, 2.24) is 0 Å². The minimum Gasteiger partial charge on any atom is -0.116 e. The molecule has 5 unspecified atom stereocenters. The zero-order chi connectivity index (χ0) is 13.2. The highest BCUT2D eigenvalue weighted by molar-refractivity contribution is 5.33. The summed E-state index contributed by atoms with van der Waals surface area (Å²) < 4.78 is 0. The van der Waals surface area contributed by atoms with E-state index >= 15 is 0 Å². The Morgan fingerprint density at radius 3 is 2.47 bits per heavy atom. The monoisotopic (exact) mass is 254 g/mol. The fraction of sp³-hybridized carbons (Fsp3) is 0.737. The predicted octanol–water partition coefficient (Wildman–Crippen LogP) is 4.96. The molecule has 102 valence electrons. The Labute approximate surface area is 118 Å². The highest BCUT2D eigenvalue weighted by atomic mass is 14.4. The third-order valence-corrected chi connectivity index (χ3v) is 5.94. The molecule has 3 rings (SSSR count). The van der Waals surface area contributed by atoms with Crippen molar-refractivity contribution >= 4 is 0 Å². The molecule has 3 aliphatic carbocycles. The summed E-state index contributed by atoms with van der Waals surface area (Å²) in [5.41, 5.74) is 4.42. The lowest BCUT2D eigenvalue weighted by molar-refractivity contribution is 0.102. The summed E-state index contributed by atoms with van der Waals surface area (Å²) in [6, 6.07) is 0. The van der Waals surface area contributed by atoms with E-state index in [9.17, 15) is 0 Å². The van der Waals surface area contributed by atoms with Crippen molar-refractivity contribution in [2.24, 2.45) is 29.6 Å². The van der Waals surface area contributed by atoms with E-state index in [1.54, 1.807) is 0 Å². The van der Waals surface area contributed by atoms with Crippen molar-refractivity contribution in [1.29, 1.82) is 0 Å². The van der Waals surface area contributed by atoms with Crippen LogP contribution in [0, 0.1) is 41.4 Å². The molecule has 3 aliphatic rings. The van der Waals surface area contributed by atoms with Crippen molar-refractivity contribution in [3.63, 3.8) is 0 Å². The van der Waals surface area contributed by atoms with Crippen LogP contribution in [0.5, 0.6) is 0 Å². The maximum atomic E-state index is 3.91. The van der Waals surface area contributed by atoms with E-state index in [2.05, 4.69) is 31.1 Å². The average Bonchev–Trinajstić information content (AvgIpc) is 2.47. The molecule has 0 radical (unpaired) electrons. The van der Waals surface area contributed by atoms with E-state index in [0.29, 0.717) is 11.8 Å². The summed E-state index contributed by atoms with van der Waals surface area (Å²) in [7, 11) is 0. The van der Waals surface area contributed by atoms with Crippen molar-refractivity contribution < 1.29 is 0 Å². The summed E-state index contributed by atoms with van der Waals surface area (Å²) in [6.45, 7) is 6.43. The second-order valence-electron chi connectivity index (χ2n) is 6.83. The van der Waals surface area contributed by atoms with Crippen LogP contribution < -0.4 is 0 Å². The second kappa shape index (κ2) is 5.60. The topological polar surface area (TPSA) is 0 Å². The van der Waals surface area contributed by atoms with Crippen LogP contribution in [-0.4, -0.2) is 0 Å². The Morgan fingerprint density at radius 1 is 1.00 bits per heavy atom. The van der Waals surface area contributed by atoms with Gasteiger partial charge in [-0.2, -0.15) is 0 Å². The van der Waals surface area contributed by atoms with Crippen LogP contribution in [-0.2, 0) is 0 Å². The molecule has 0 bridgehead atoms. The second-order valence-corrected chi connectivity index (χ2v) is 6.83. The standard InChI is InChI=1S/C19H26/c1-3-15-12-13-16-8-4-5-9-17(16)14(2)18-10-6-7-11-19(15)18/h14,16-19H,1,4-11H2,2H3. The van der Waals surface area contributed by atoms with Gasteiger partial charge in [0.2, 0.25) is 0 Å². The van der Waals surface area contributed by atoms with Gasteiger partial charge in [0.1, 0.15) is 0 Å². The lowest BCUT2D eigenvalue weighted by Crippen LogP contribution is -2.36. The molecule has 2 saturated carbocycles. The number of hydrogen-bond donors (Lipinski definition) is 0. The first-order valence-corrected chi connectivity index (χ1v) is 8.22. The minimum absolute atomic E-state index is 0.648. The molecule has 0 N–H and O–H groups in total. The van der Waals surface area contributed by atoms with E-state index in [0.717, 1.165) is 17.8 Å². The molecule has 0 aromatic heterocycles. The molecule has 0 aliphatic heterocycles. The molecule has 0 spiro atoms. The Morgan fingerprint density at radius 2 is 1.68 bits per heavy atom. The molecule has 0 aromatic rings. The molecule has 19 heavy (non-hydrogen) atoms. The normalized spacial score (nSPS) is 41.7. The van der Waals surface area contributed by atoms with Gasteiger partial charge in [-0.15, -0.1) is 5.73 Å². The van der Waals surface area contributed by atoms with E-state index in [4.69, 9.17) is 0 Å². The first-order chi connectivity index (χ1) is 9.31. The zero-order valence-electron chi connectivity index (χ0n) is 12.3. The predicted molar refractivity (Wildman–Crippen MR) is 80.5 cm³/mol. The number of hydrogen-bond acceptors (Lipinski definition) is 0. The lowest BCUT2D eigenvalue weighted by atomic mass is 9.61. The van der Waals surface area contributed by atoms with E-state index in [1.807, 2.05) is 0 Å². The van der Waals surface area contributed by atoms with Gasteiger partial charge in [-0.3, -0.25) is 0 Å². The molecular formula is C19H26. The third kappa shape index (κ3) is 2.42. The van der Waals surface area contributed by atoms with Crippen LogP contribution in [0.15, 0.2) is 17.9 Å². The lowest BCUT2D eigenvalue weighted by Gasteiger charge is -2.43. The van der Waals surface area contributed by atoms with Crippen LogP contribution in [0.25, 0.3) is 0 Å². The largest absolute Gasteiger partial charge is 0.116 e. The summed E-state index contributed by atoms with van der Waals surface area (Å²) in [6.07, 6.45) is 11.1. The van der Waals surface area contributed by atoms with E-state index < -0.39 is 0 Å². The molecular weight excluding hydrogens is 228 g/mol. The number of rotatable bonds is 0. The Bertz CT molecular complexity index is 440. The van der Waals surface area contributed by atoms with Gasteiger partial charge in [-0.05, 0) is 43.4 Å². The first-order valence-electron chi connectivity index (χ1n) is 8.22. The van der Waals surface area contributed by atoms with Gasteiger partial charge in [0.25, 0.3) is 0 Å². The van der Waals surface area contributed by atoms with Gasteiger partial charge in [0.15, 0.2) is 0 Å². The average molecular weight is 254 g/mol. The van der Waals surface area contributed by atoms with Gasteiger partial charge >= 0.3 is 0 Å². The molecule has 0 aromatic carbocycles. The summed E-state index contributed by atoms with van der Waals surface area (Å²) in [5, 5.41) is 0. The van der Waals surface area contributed by atoms with Crippen molar-refractivity contribution in [2.45, 2.75) is 58.3 Å². The Hall–Kier alpha value is -0.920. The number of allylic oxidation sites excluding steroid dienone is 1. The smallest absolute Gasteiger partial charge is 0.0465 e. The fourth-order valence-corrected chi connectivity index (χ4v) is 4.87. The van der Waals surface area contributed by atoms with Gasteiger partial charge in [-0.25, -0.2) is 0 Å². The van der Waals surface area contributed by atoms with Crippen LogP contribution >= 0.6 is 0 Å². The van der Waals surface area contributed by atoms with Crippen LogP contribution in [0.2, 0.25) is 0 Å². The molecule has 0 amide bonds. The molecule has 0 nitrogen and oxygen atoms in total. The van der Waals surface area contributed by atoms with Gasteiger partial charge in [0.05, 0.1) is 0 Å². The molecule has 0 heterocycles. The zero-order valence-corrected chi connectivity index (χ0v) is 12.3. The molecule has 0 heteroatoms. The van der Waals surface area contributed by atoms with E-state index in [-0.39, 0.29) is 0 Å². The summed E-state index contributed by atoms with van der Waals surface area (Å²) in [5.74, 6) is 10.9. The molecule has 0 saturated heterocycles. The fourth-order valence-electron chi connectivity index (χ4n) is 4.87. The third-order valence-electron chi connectivity index (χ3n) is 5.94. The maximum absolute atomic E-state index is 3.91. The number of fused-ring (bicyclic) bond motifs is 2. The Kier molecular flexibility index (Phi) is 3.86. The van der Waals surface area contributed by atoms with Crippen LogP contribution in [0.1, 0.15) is 58.3 Å². The van der Waals surface area contributed by atoms with Crippen molar-refractivity contribution in [2.75, 3.05) is 0 Å². The first kappa shape index (κ1) is 13.1. The van der Waals surface area contributed by atoms with Crippen LogP contribution in [0.3, 0.4) is 0 Å². The summed E-state index contributed by atoms with van der Waals surface area (Å²) in [4.78, 5) is 0. The highest BCUT2D eigenvalue weighted by Gasteiger charge is 2.39. The van der Waals surface area contributed by atoms with E-state index in [1.165, 1.54) is 56.9 Å². The van der Waals surface area contributed by atoms with Gasteiger partial charge in [0, 0.05) is 17.4 Å². The van der Waals surface area contributed by atoms with Crippen molar-refractivity contribution in [3.8, 4) is 11.8 Å². The minimum atomic E-state index is 0.648. The van der Waals surface area contributed by atoms with Crippen LogP contribution in [0.4, 0.5) is 0 Å². The quantitative estimate of drug-likeness (QED) is 0.423. The van der Waals surface area contributed by atoms with Gasteiger partial charge < -0.3 is 0 Å². The molecule has 5 atom stereocenters. The maximum Gasteiger partial charge on any atom is 0.0465 e. The molecule has 2 fully saturated rings. The Balaban J connectivity index is 1.98. The SMILES string of the molecule is C=C=C1C#CC2CCCCC2C(C)C2CCCCC12. The van der Waals surface area contributed by atoms with Crippen molar-refractivity contribution in [3.05, 3.63) is 17.9 Å².